The van der Waals surface area contributed by atoms with Crippen molar-refractivity contribution in [2.24, 2.45) is 0 Å². The molecule has 0 unspecified atom stereocenters. The Morgan fingerprint density at radius 3 is 1.85 bits per heavy atom. The van der Waals surface area contributed by atoms with Gasteiger partial charge < -0.3 is 13.8 Å². The van der Waals surface area contributed by atoms with Crippen LogP contribution < -0.4 is 5.32 Å². The van der Waals surface area contributed by atoms with Crippen molar-refractivity contribution in [3.63, 3.8) is 0 Å². The molecule has 142 valence electrons. The summed E-state index contributed by atoms with van der Waals surface area (Å²) in [5.74, 6) is -0.594. The van der Waals surface area contributed by atoms with E-state index < -0.39 is 13.4 Å². The lowest BCUT2D eigenvalue weighted by Gasteiger charge is -2.31. The Balaban J connectivity index is 2.40. The first-order valence-corrected chi connectivity index (χ1v) is 10.5. The quantitative estimate of drug-likeness (QED) is 0.563. The van der Waals surface area contributed by atoms with Crippen LogP contribution in [0.15, 0.2) is 60.7 Å². The molecule has 0 aliphatic rings. The Bertz CT molecular complexity index is 671. The number of rotatable bonds is 11. The smallest absolute Gasteiger partial charge is 0.351 e. The third kappa shape index (κ3) is 5.50. The second kappa shape index (κ2) is 10.6. The molecule has 0 radical (unpaired) electrons. The third-order valence-corrected chi connectivity index (χ3v) is 6.26. The summed E-state index contributed by atoms with van der Waals surface area (Å²) in [4.78, 5) is 0. The van der Waals surface area contributed by atoms with E-state index in [-0.39, 0.29) is 6.04 Å². The van der Waals surface area contributed by atoms with Crippen molar-refractivity contribution >= 4 is 7.60 Å². The van der Waals surface area contributed by atoms with Crippen LogP contribution in [0.1, 0.15) is 36.8 Å². The topological polar surface area (TPSA) is 56.8 Å². The second-order valence-electron chi connectivity index (χ2n) is 5.77. The number of ether oxygens (including phenoxy) is 1. The van der Waals surface area contributed by atoms with Gasteiger partial charge in [0, 0.05) is 7.11 Å². The molecule has 0 amide bonds. The largest absolute Gasteiger partial charge is 0.383 e. The van der Waals surface area contributed by atoms with Gasteiger partial charge in [0.05, 0.1) is 25.9 Å². The number of methoxy groups -OCH3 is 1. The lowest BCUT2D eigenvalue weighted by Crippen LogP contribution is -2.30. The summed E-state index contributed by atoms with van der Waals surface area (Å²) in [6.07, 6.45) is 0. The molecule has 2 atom stereocenters. The van der Waals surface area contributed by atoms with Gasteiger partial charge in [-0.3, -0.25) is 9.88 Å². The molecule has 0 saturated carbocycles. The van der Waals surface area contributed by atoms with Crippen LogP contribution in [0.4, 0.5) is 0 Å². The summed E-state index contributed by atoms with van der Waals surface area (Å²) in [5.41, 5.74) is 1.91. The van der Waals surface area contributed by atoms with Gasteiger partial charge in [0.1, 0.15) is 5.78 Å². The van der Waals surface area contributed by atoms with Gasteiger partial charge in [0.15, 0.2) is 0 Å². The van der Waals surface area contributed by atoms with E-state index in [0.717, 1.165) is 11.1 Å². The average Bonchev–Trinajstić information content (AvgIpc) is 2.67. The van der Waals surface area contributed by atoms with Crippen molar-refractivity contribution in [1.29, 1.82) is 0 Å². The Kier molecular flexibility index (Phi) is 8.49. The zero-order valence-corrected chi connectivity index (χ0v) is 16.5. The highest BCUT2D eigenvalue weighted by Crippen LogP contribution is 2.60. The Morgan fingerprint density at radius 1 is 0.885 bits per heavy atom. The Labute approximate surface area is 156 Å². The van der Waals surface area contributed by atoms with Crippen LogP contribution in [-0.2, 0) is 18.3 Å². The van der Waals surface area contributed by atoms with E-state index in [4.69, 9.17) is 13.8 Å². The summed E-state index contributed by atoms with van der Waals surface area (Å²) in [7, 11) is -1.76. The van der Waals surface area contributed by atoms with E-state index in [1.165, 1.54) is 0 Å². The van der Waals surface area contributed by atoms with Crippen LogP contribution in [0, 0.1) is 0 Å². The highest BCUT2D eigenvalue weighted by Gasteiger charge is 2.38. The minimum absolute atomic E-state index is 0.152. The maximum absolute atomic E-state index is 13.5. The zero-order valence-electron chi connectivity index (χ0n) is 15.6. The van der Waals surface area contributed by atoms with Crippen molar-refractivity contribution < 1.29 is 18.3 Å². The lowest BCUT2D eigenvalue weighted by atomic mass is 10.1. The second-order valence-corrected chi connectivity index (χ2v) is 7.89. The predicted molar refractivity (Wildman–Crippen MR) is 104 cm³/mol. The van der Waals surface area contributed by atoms with Gasteiger partial charge in [-0.1, -0.05) is 60.7 Å². The van der Waals surface area contributed by atoms with Gasteiger partial charge in [-0.2, -0.15) is 0 Å². The zero-order chi connectivity index (χ0) is 18.8. The van der Waals surface area contributed by atoms with E-state index in [1.807, 2.05) is 74.5 Å². The molecule has 0 heterocycles. The average molecular weight is 377 g/mol. The van der Waals surface area contributed by atoms with Crippen LogP contribution in [0.25, 0.3) is 0 Å². The third-order valence-electron chi connectivity index (χ3n) is 3.94. The van der Waals surface area contributed by atoms with Gasteiger partial charge >= 0.3 is 7.60 Å². The maximum Gasteiger partial charge on any atom is 0.351 e. The molecule has 26 heavy (non-hydrogen) atoms. The van der Waals surface area contributed by atoms with E-state index in [2.05, 4.69) is 5.32 Å². The molecule has 0 aromatic heterocycles. The molecule has 5 nitrogen and oxygen atoms in total. The fraction of sp³-hybridized carbons (Fsp3) is 0.400. The molecule has 0 bridgehead atoms. The van der Waals surface area contributed by atoms with Crippen LogP contribution in [0.2, 0.25) is 0 Å². The molecule has 0 spiro atoms. The van der Waals surface area contributed by atoms with Gasteiger partial charge in [-0.05, 0) is 25.0 Å². The van der Waals surface area contributed by atoms with Crippen molar-refractivity contribution in [1.82, 2.24) is 5.32 Å². The van der Waals surface area contributed by atoms with Crippen LogP contribution in [0.3, 0.4) is 0 Å². The first kappa shape index (κ1) is 20.8. The van der Waals surface area contributed by atoms with Crippen molar-refractivity contribution in [2.75, 3.05) is 26.9 Å². The molecule has 6 heteroatoms. The molecule has 0 fully saturated rings. The van der Waals surface area contributed by atoms with Crippen LogP contribution >= 0.6 is 7.60 Å². The highest BCUT2D eigenvalue weighted by atomic mass is 31.2. The number of benzene rings is 2. The SMILES string of the molecule is CCOP(=O)(OCC)[C@@H](N[C@@H](COC)c1ccccc1)c1ccccc1. The molecule has 2 aromatic rings. The van der Waals surface area contributed by atoms with Gasteiger partial charge in [-0.25, -0.2) is 0 Å². The standard InChI is InChI=1S/C20H28NO4P/c1-4-24-26(22,25-5-2)20(18-14-10-7-11-15-18)21-19(16-23-3)17-12-8-6-9-13-17/h6-15,19-21H,4-5,16H2,1-3H3/t19-,20+/m0/s1. The fourth-order valence-corrected chi connectivity index (χ4v) is 4.83. The van der Waals surface area contributed by atoms with Crippen LogP contribution in [-0.4, -0.2) is 26.9 Å². The molecule has 0 saturated heterocycles. The van der Waals surface area contributed by atoms with Gasteiger partial charge in [0.25, 0.3) is 0 Å². The van der Waals surface area contributed by atoms with E-state index in [1.54, 1.807) is 7.11 Å². The summed E-state index contributed by atoms with van der Waals surface area (Å²) in [6.45, 7) is 4.69. The molecule has 1 N–H and O–H groups in total. The van der Waals surface area contributed by atoms with E-state index in [9.17, 15) is 4.57 Å². The Hall–Kier alpha value is -1.49. The van der Waals surface area contributed by atoms with E-state index >= 15 is 0 Å². The molecule has 0 aliphatic carbocycles. The molecular formula is C20H28NO4P. The minimum Gasteiger partial charge on any atom is -0.383 e. The molecule has 0 aliphatic heterocycles. The minimum atomic E-state index is -3.42. The normalized spacial score (nSPS) is 14.1. The van der Waals surface area contributed by atoms with E-state index in [0.29, 0.717) is 19.8 Å². The summed E-state index contributed by atoms with van der Waals surface area (Å²) >= 11 is 0. The monoisotopic (exact) mass is 377 g/mol. The number of hydrogen-bond acceptors (Lipinski definition) is 5. The first-order valence-electron chi connectivity index (χ1n) is 8.88. The fourth-order valence-electron chi connectivity index (χ4n) is 2.83. The van der Waals surface area contributed by atoms with Gasteiger partial charge in [0.2, 0.25) is 0 Å². The van der Waals surface area contributed by atoms with Crippen LogP contribution in [0.5, 0.6) is 0 Å². The molecule has 2 aromatic carbocycles. The van der Waals surface area contributed by atoms with Crippen molar-refractivity contribution in [2.45, 2.75) is 25.7 Å². The first-order chi connectivity index (χ1) is 12.6. The Morgan fingerprint density at radius 2 is 1.38 bits per heavy atom. The van der Waals surface area contributed by atoms with Crippen molar-refractivity contribution in [3.05, 3.63) is 71.8 Å². The summed E-state index contributed by atoms with van der Waals surface area (Å²) in [5, 5.41) is 3.46. The lowest BCUT2D eigenvalue weighted by molar-refractivity contribution is 0.157. The number of hydrogen-bond donors (Lipinski definition) is 1. The summed E-state index contributed by atoms with van der Waals surface area (Å²) < 4.78 is 30.2. The van der Waals surface area contributed by atoms with Crippen molar-refractivity contribution in [3.8, 4) is 0 Å². The summed E-state index contributed by atoms with van der Waals surface area (Å²) in [6, 6.07) is 19.4. The maximum atomic E-state index is 13.5. The highest BCUT2D eigenvalue weighted by molar-refractivity contribution is 7.54. The van der Waals surface area contributed by atoms with Gasteiger partial charge in [-0.15, -0.1) is 0 Å². The predicted octanol–water partition coefficient (Wildman–Crippen LogP) is 4.93. The molecular weight excluding hydrogens is 349 g/mol. The number of nitrogens with one attached hydrogen (secondary N) is 1. The molecule has 2 rings (SSSR count).